The van der Waals surface area contributed by atoms with Gasteiger partial charge >= 0.3 is 17.9 Å². The van der Waals surface area contributed by atoms with Gasteiger partial charge in [0.25, 0.3) is 0 Å². The van der Waals surface area contributed by atoms with Crippen LogP contribution in [-0.4, -0.2) is 51.6 Å². The Morgan fingerprint density at radius 1 is 0.655 bits per heavy atom. The molecule has 3 aromatic rings. The standard InChI is InChI=1S/C47H53O7Si/c1-46(31-16-27-14-28(18-31)19-32(46)17-27)53-43(48)25-39(45(50)52-26-44(49)54-47(2)33-20-29-15-30(22-33)23-34(47)21-29)38-24-35(12-13-40(38)51-3)55-41-10-6-4-8-36(41)37-9-5-7-11-42(37)55/h4-13,24,27-34,39H,14-23,25-26H2,1-3H3. The summed E-state index contributed by atoms with van der Waals surface area (Å²) in [5, 5.41) is 3.67. The molecule has 0 amide bonds. The van der Waals surface area contributed by atoms with Crippen LogP contribution in [-0.2, 0) is 28.6 Å². The highest BCUT2D eigenvalue weighted by Gasteiger charge is 2.58. The second-order valence-corrected chi connectivity index (χ2v) is 21.1. The van der Waals surface area contributed by atoms with Gasteiger partial charge in [0.05, 0.1) is 19.4 Å². The number of carbonyl (C=O) groups excluding carboxylic acids is 3. The van der Waals surface area contributed by atoms with Crippen molar-refractivity contribution in [3.05, 3.63) is 72.3 Å². The third-order valence-corrected chi connectivity index (χ3v) is 18.6. The van der Waals surface area contributed by atoms with Crippen molar-refractivity contribution in [1.29, 1.82) is 0 Å². The average molecular weight is 758 g/mol. The van der Waals surface area contributed by atoms with E-state index in [1.54, 1.807) is 7.11 Å². The molecule has 55 heavy (non-hydrogen) atoms. The summed E-state index contributed by atoms with van der Waals surface area (Å²) in [6.07, 6.45) is 11.3. The van der Waals surface area contributed by atoms with Gasteiger partial charge < -0.3 is 18.9 Å². The molecule has 0 saturated heterocycles. The van der Waals surface area contributed by atoms with Gasteiger partial charge in [0, 0.05) is 5.56 Å². The number of esters is 3. The Labute approximate surface area is 326 Å². The van der Waals surface area contributed by atoms with E-state index in [9.17, 15) is 14.4 Å². The van der Waals surface area contributed by atoms with Crippen molar-refractivity contribution in [3.8, 4) is 16.9 Å². The number of rotatable bonds is 10. The number of benzene rings is 3. The Kier molecular flexibility index (Phi) is 8.61. The third-order valence-electron chi connectivity index (χ3n) is 15.8. The summed E-state index contributed by atoms with van der Waals surface area (Å²) >= 11 is 0. The normalized spacial score (nSPS) is 35.2. The summed E-state index contributed by atoms with van der Waals surface area (Å²) < 4.78 is 24.6. The summed E-state index contributed by atoms with van der Waals surface area (Å²) in [6.45, 7) is 3.74. The molecule has 1 heterocycles. The summed E-state index contributed by atoms with van der Waals surface area (Å²) in [5.41, 5.74) is 1.99. The number of methoxy groups -OCH3 is 1. The molecule has 7 nitrogen and oxygen atoms in total. The first-order valence-electron chi connectivity index (χ1n) is 20.9. The van der Waals surface area contributed by atoms with E-state index in [2.05, 4.69) is 68.4 Å². The number of carbonyl (C=O) groups is 3. The number of ether oxygens (including phenoxy) is 4. The van der Waals surface area contributed by atoms with Crippen molar-refractivity contribution in [2.75, 3.05) is 13.7 Å². The lowest BCUT2D eigenvalue weighted by Gasteiger charge is -2.59. The highest BCUT2D eigenvalue weighted by atomic mass is 28.3. The molecular formula is C47H53O7Si. The summed E-state index contributed by atoms with van der Waals surface area (Å²) in [7, 11) is 0.156. The Hall–Kier alpha value is -3.91. The predicted molar refractivity (Wildman–Crippen MR) is 211 cm³/mol. The van der Waals surface area contributed by atoms with Crippen molar-refractivity contribution in [2.45, 2.75) is 102 Å². The van der Waals surface area contributed by atoms with E-state index >= 15 is 0 Å². The minimum Gasteiger partial charge on any atom is -0.496 e. The molecule has 287 valence electrons. The maximum Gasteiger partial charge on any atom is 0.344 e. The van der Waals surface area contributed by atoms with E-state index < -0.39 is 50.4 Å². The lowest BCUT2D eigenvalue weighted by molar-refractivity contribution is -0.207. The minimum atomic E-state index is -1.43. The number of hydrogen-bond donors (Lipinski definition) is 0. The monoisotopic (exact) mass is 757 g/mol. The van der Waals surface area contributed by atoms with E-state index in [-0.39, 0.29) is 6.42 Å². The lowest BCUT2D eigenvalue weighted by atomic mass is 9.50. The van der Waals surface area contributed by atoms with E-state index in [1.807, 2.05) is 12.1 Å². The molecule has 8 saturated carbocycles. The van der Waals surface area contributed by atoms with Crippen molar-refractivity contribution in [3.63, 3.8) is 0 Å². The molecule has 0 aromatic heterocycles. The molecule has 0 N–H and O–H groups in total. The summed E-state index contributed by atoms with van der Waals surface area (Å²) in [4.78, 5) is 42.2. The van der Waals surface area contributed by atoms with Crippen molar-refractivity contribution >= 4 is 42.3 Å². The van der Waals surface area contributed by atoms with Crippen LogP contribution in [0.1, 0.15) is 96.0 Å². The first-order chi connectivity index (χ1) is 26.6. The third kappa shape index (κ3) is 5.90. The van der Waals surface area contributed by atoms with E-state index in [4.69, 9.17) is 18.9 Å². The molecule has 0 spiro atoms. The second kappa shape index (κ2) is 13.3. The zero-order valence-electron chi connectivity index (χ0n) is 32.4. The Bertz CT molecular complexity index is 1930. The zero-order chi connectivity index (χ0) is 37.6. The van der Waals surface area contributed by atoms with Crippen molar-refractivity contribution in [1.82, 2.24) is 0 Å². The van der Waals surface area contributed by atoms with Crippen molar-refractivity contribution in [2.24, 2.45) is 47.3 Å². The molecule has 9 aliphatic rings. The van der Waals surface area contributed by atoms with Gasteiger partial charge in [-0.3, -0.25) is 9.59 Å². The topological polar surface area (TPSA) is 88.1 Å². The maximum absolute atomic E-state index is 14.4. The molecule has 1 unspecified atom stereocenters. The molecular weight excluding hydrogens is 705 g/mol. The van der Waals surface area contributed by atoms with Crippen LogP contribution in [0, 0.1) is 47.3 Å². The smallest absolute Gasteiger partial charge is 0.344 e. The van der Waals surface area contributed by atoms with Gasteiger partial charge in [-0.25, -0.2) is 4.79 Å². The Balaban J connectivity index is 0.940. The largest absolute Gasteiger partial charge is 0.496 e. The van der Waals surface area contributed by atoms with Gasteiger partial charge in [-0.05, 0) is 153 Å². The van der Waals surface area contributed by atoms with Gasteiger partial charge in [0.15, 0.2) is 15.4 Å². The fourth-order valence-corrected chi connectivity index (χ4v) is 16.3. The molecule has 1 atom stereocenters. The van der Waals surface area contributed by atoms with Crippen LogP contribution in [0.25, 0.3) is 11.1 Å². The van der Waals surface area contributed by atoms with E-state index in [0.717, 1.165) is 80.2 Å². The number of hydrogen-bond acceptors (Lipinski definition) is 7. The van der Waals surface area contributed by atoms with Gasteiger partial charge in [0.1, 0.15) is 17.0 Å². The molecule has 8 aliphatic carbocycles. The van der Waals surface area contributed by atoms with Crippen LogP contribution in [0.5, 0.6) is 5.75 Å². The highest BCUT2D eigenvalue weighted by molar-refractivity contribution is 6.99. The van der Waals surface area contributed by atoms with Gasteiger partial charge in [-0.15, -0.1) is 0 Å². The van der Waals surface area contributed by atoms with Crippen LogP contribution in [0.15, 0.2) is 66.7 Å². The second-order valence-electron chi connectivity index (χ2n) is 18.7. The quantitative estimate of drug-likeness (QED) is 0.101. The molecule has 1 aliphatic heterocycles. The van der Waals surface area contributed by atoms with E-state index in [0.29, 0.717) is 35.0 Å². The first-order valence-corrected chi connectivity index (χ1v) is 22.4. The SMILES string of the molecule is COc1ccc([Si]2c3ccccc3-c3ccccc32)cc1C(CC(=O)OC1(C)C2CC3CC(C2)CC1C3)C(=O)OCC(=O)OC1(C)C2CC3CC(C2)CC1C3. The molecule has 8 heteroatoms. The zero-order valence-corrected chi connectivity index (χ0v) is 33.4. The molecule has 12 rings (SSSR count). The summed E-state index contributed by atoms with van der Waals surface area (Å²) in [5.74, 6) is 2.30. The van der Waals surface area contributed by atoms with Crippen LogP contribution in [0.3, 0.4) is 0 Å². The highest BCUT2D eigenvalue weighted by Crippen LogP contribution is 2.60. The van der Waals surface area contributed by atoms with Crippen LogP contribution in [0.4, 0.5) is 0 Å². The van der Waals surface area contributed by atoms with Gasteiger partial charge in [-0.1, -0.05) is 65.9 Å². The average Bonchev–Trinajstić information content (AvgIpc) is 3.51. The van der Waals surface area contributed by atoms with Crippen LogP contribution in [0.2, 0.25) is 0 Å². The fourth-order valence-electron chi connectivity index (χ4n) is 13.3. The number of fused-ring (bicyclic) bond motifs is 3. The Morgan fingerprint density at radius 3 is 1.62 bits per heavy atom. The van der Waals surface area contributed by atoms with Gasteiger partial charge in [0.2, 0.25) is 0 Å². The molecule has 3 aromatic carbocycles. The molecule has 1 radical (unpaired) electrons. The molecule has 8 fully saturated rings. The fraction of sp³-hybridized carbons (Fsp3) is 0.553. The maximum atomic E-state index is 14.4. The predicted octanol–water partition coefficient (Wildman–Crippen LogP) is 6.72. The van der Waals surface area contributed by atoms with Crippen molar-refractivity contribution < 1.29 is 33.3 Å². The summed E-state index contributed by atoms with van der Waals surface area (Å²) in [6, 6.07) is 23.2. The Morgan fingerprint density at radius 2 is 1.13 bits per heavy atom. The van der Waals surface area contributed by atoms with Gasteiger partial charge in [-0.2, -0.15) is 0 Å². The first kappa shape index (κ1) is 35.5. The van der Waals surface area contributed by atoms with E-state index in [1.165, 1.54) is 34.3 Å². The minimum absolute atomic E-state index is 0.199. The lowest BCUT2D eigenvalue weighted by Crippen LogP contribution is -2.58. The van der Waals surface area contributed by atoms with Crippen LogP contribution < -0.4 is 20.3 Å². The molecule has 8 bridgehead atoms. The van der Waals surface area contributed by atoms with Crippen LogP contribution >= 0.6 is 0 Å².